The molecule has 1 spiro atoms. The van der Waals surface area contributed by atoms with Crippen LogP contribution in [0.4, 0.5) is 0 Å². The van der Waals surface area contributed by atoms with Crippen LogP contribution in [0.25, 0.3) is 0 Å². The van der Waals surface area contributed by atoms with Crippen molar-refractivity contribution in [1.29, 1.82) is 0 Å². The zero-order valence-corrected chi connectivity index (χ0v) is 9.94. The van der Waals surface area contributed by atoms with Gasteiger partial charge in [0.2, 0.25) is 0 Å². The number of ether oxygens (including phenoxy) is 2. The highest BCUT2D eigenvalue weighted by molar-refractivity contribution is 5.85. The molecule has 0 radical (unpaired) electrons. The van der Waals surface area contributed by atoms with E-state index in [4.69, 9.17) is 9.47 Å². The highest BCUT2D eigenvalue weighted by Crippen LogP contribution is 2.53. The fourth-order valence-electron chi connectivity index (χ4n) is 2.81. The standard InChI is InChI=1S/C14H14O4/c15-12(16)13(6-7-13)9-2-3-10-11(8-9)18-14(17-10)4-1-5-14/h2-3,8H,1,4-7H2,(H,15,16). The Morgan fingerprint density at radius 2 is 1.83 bits per heavy atom. The maximum atomic E-state index is 11.3. The average Bonchev–Trinajstić information content (AvgIpc) is 3.01. The summed E-state index contributed by atoms with van der Waals surface area (Å²) in [4.78, 5) is 11.3. The molecule has 94 valence electrons. The molecule has 0 bridgehead atoms. The summed E-state index contributed by atoms with van der Waals surface area (Å²) in [5, 5.41) is 9.29. The highest BCUT2D eigenvalue weighted by atomic mass is 16.7. The minimum Gasteiger partial charge on any atom is -0.481 e. The van der Waals surface area contributed by atoms with Crippen molar-refractivity contribution >= 4 is 5.97 Å². The Bertz CT molecular complexity index is 541. The van der Waals surface area contributed by atoms with Gasteiger partial charge in [-0.25, -0.2) is 0 Å². The van der Waals surface area contributed by atoms with Crippen molar-refractivity contribution in [1.82, 2.24) is 0 Å². The van der Waals surface area contributed by atoms with E-state index in [1.165, 1.54) is 0 Å². The Balaban J connectivity index is 1.70. The van der Waals surface area contributed by atoms with Crippen molar-refractivity contribution in [3.8, 4) is 11.5 Å². The molecule has 2 fully saturated rings. The van der Waals surface area contributed by atoms with E-state index in [-0.39, 0.29) is 0 Å². The average molecular weight is 246 g/mol. The zero-order chi connectivity index (χ0) is 12.4. The Morgan fingerprint density at radius 3 is 2.39 bits per heavy atom. The predicted molar refractivity (Wildman–Crippen MR) is 62.8 cm³/mol. The summed E-state index contributed by atoms with van der Waals surface area (Å²) in [7, 11) is 0. The number of benzene rings is 1. The number of hydrogen-bond donors (Lipinski definition) is 1. The quantitative estimate of drug-likeness (QED) is 0.870. The summed E-state index contributed by atoms with van der Waals surface area (Å²) in [6, 6.07) is 5.56. The topological polar surface area (TPSA) is 55.8 Å². The molecule has 0 saturated heterocycles. The molecule has 0 amide bonds. The third kappa shape index (κ3) is 1.18. The molecule has 2 saturated carbocycles. The highest BCUT2D eigenvalue weighted by Gasteiger charge is 2.53. The molecule has 4 heteroatoms. The molecule has 4 nitrogen and oxygen atoms in total. The molecule has 2 aliphatic carbocycles. The lowest BCUT2D eigenvalue weighted by Gasteiger charge is -2.35. The lowest BCUT2D eigenvalue weighted by atomic mass is 9.91. The number of aliphatic carboxylic acids is 1. The summed E-state index contributed by atoms with van der Waals surface area (Å²) >= 11 is 0. The van der Waals surface area contributed by atoms with Gasteiger partial charge in [0.05, 0.1) is 5.41 Å². The van der Waals surface area contributed by atoms with E-state index in [1.54, 1.807) is 0 Å². The van der Waals surface area contributed by atoms with Gasteiger partial charge in [0.15, 0.2) is 11.5 Å². The van der Waals surface area contributed by atoms with Crippen LogP contribution in [0.3, 0.4) is 0 Å². The predicted octanol–water partition coefficient (Wildman–Crippen LogP) is 2.45. The molecule has 3 aliphatic rings. The van der Waals surface area contributed by atoms with Gasteiger partial charge in [0, 0.05) is 12.8 Å². The maximum Gasteiger partial charge on any atom is 0.314 e. The van der Waals surface area contributed by atoms with Crippen LogP contribution in [-0.4, -0.2) is 16.9 Å². The molecular weight excluding hydrogens is 232 g/mol. The van der Waals surface area contributed by atoms with Crippen molar-refractivity contribution in [2.45, 2.75) is 43.3 Å². The number of fused-ring (bicyclic) bond motifs is 1. The Labute approximate surface area is 105 Å². The summed E-state index contributed by atoms with van der Waals surface area (Å²) in [6.45, 7) is 0. The molecule has 18 heavy (non-hydrogen) atoms. The van der Waals surface area contributed by atoms with E-state index in [1.807, 2.05) is 18.2 Å². The van der Waals surface area contributed by atoms with Gasteiger partial charge in [-0.1, -0.05) is 6.07 Å². The SMILES string of the molecule is O=C(O)C1(c2ccc3c(c2)OC2(CCC2)O3)CC1. The first-order valence-electron chi connectivity index (χ1n) is 6.40. The number of carbonyl (C=O) groups is 1. The van der Waals surface area contributed by atoms with Gasteiger partial charge in [-0.15, -0.1) is 0 Å². The first-order valence-corrected chi connectivity index (χ1v) is 6.40. The largest absolute Gasteiger partial charge is 0.481 e. The van der Waals surface area contributed by atoms with Crippen LogP contribution < -0.4 is 9.47 Å². The third-order valence-electron chi connectivity index (χ3n) is 4.36. The Morgan fingerprint density at radius 1 is 1.11 bits per heavy atom. The van der Waals surface area contributed by atoms with Gasteiger partial charge in [-0.2, -0.15) is 0 Å². The minimum absolute atomic E-state index is 0.444. The van der Waals surface area contributed by atoms with E-state index < -0.39 is 17.2 Å². The lowest BCUT2D eigenvalue weighted by molar-refractivity contribution is -0.140. The molecule has 0 atom stereocenters. The van der Waals surface area contributed by atoms with Gasteiger partial charge >= 0.3 is 5.97 Å². The Kier molecular flexibility index (Phi) is 1.70. The maximum absolute atomic E-state index is 11.3. The monoisotopic (exact) mass is 246 g/mol. The van der Waals surface area contributed by atoms with Gasteiger partial charge in [-0.3, -0.25) is 4.79 Å². The molecular formula is C14H14O4. The summed E-state index contributed by atoms with van der Waals surface area (Å²) in [6.07, 6.45) is 4.39. The van der Waals surface area contributed by atoms with E-state index in [0.717, 1.165) is 30.6 Å². The second-order valence-electron chi connectivity index (χ2n) is 5.52. The van der Waals surface area contributed by atoms with E-state index in [9.17, 15) is 9.90 Å². The van der Waals surface area contributed by atoms with Crippen molar-refractivity contribution in [2.75, 3.05) is 0 Å². The summed E-state index contributed by atoms with van der Waals surface area (Å²) in [5.41, 5.74) is 0.169. The lowest BCUT2D eigenvalue weighted by Crippen LogP contribution is -2.45. The molecule has 1 heterocycles. The second-order valence-corrected chi connectivity index (χ2v) is 5.52. The van der Waals surface area contributed by atoms with Gasteiger partial charge in [0.1, 0.15) is 0 Å². The van der Waals surface area contributed by atoms with Crippen LogP contribution in [-0.2, 0) is 10.2 Å². The molecule has 4 rings (SSSR count). The van der Waals surface area contributed by atoms with Crippen LogP contribution in [0.2, 0.25) is 0 Å². The molecule has 1 aromatic carbocycles. The number of rotatable bonds is 2. The van der Waals surface area contributed by atoms with E-state index >= 15 is 0 Å². The number of carboxylic acid groups (broad SMARTS) is 1. The van der Waals surface area contributed by atoms with Gasteiger partial charge in [0.25, 0.3) is 5.79 Å². The minimum atomic E-state index is -0.736. The molecule has 0 unspecified atom stereocenters. The molecule has 1 aliphatic heterocycles. The number of hydrogen-bond acceptors (Lipinski definition) is 3. The summed E-state index contributed by atoms with van der Waals surface area (Å²) in [5.74, 6) is 0.278. The van der Waals surface area contributed by atoms with Crippen LogP contribution in [0.5, 0.6) is 11.5 Å². The second kappa shape index (κ2) is 2.99. The van der Waals surface area contributed by atoms with Gasteiger partial charge < -0.3 is 14.6 Å². The van der Waals surface area contributed by atoms with Crippen molar-refractivity contribution < 1.29 is 19.4 Å². The van der Waals surface area contributed by atoms with E-state index in [0.29, 0.717) is 18.6 Å². The smallest absolute Gasteiger partial charge is 0.314 e. The fraction of sp³-hybridized carbons (Fsp3) is 0.500. The van der Waals surface area contributed by atoms with Crippen LogP contribution >= 0.6 is 0 Å². The normalized spacial score (nSPS) is 24.7. The first-order chi connectivity index (χ1) is 8.64. The molecule has 0 aromatic heterocycles. The first kappa shape index (κ1) is 10.2. The van der Waals surface area contributed by atoms with Crippen LogP contribution in [0, 0.1) is 0 Å². The molecule has 1 aromatic rings. The fourth-order valence-corrected chi connectivity index (χ4v) is 2.81. The van der Waals surface area contributed by atoms with Crippen molar-refractivity contribution in [3.05, 3.63) is 23.8 Å². The van der Waals surface area contributed by atoms with Crippen molar-refractivity contribution in [3.63, 3.8) is 0 Å². The third-order valence-corrected chi connectivity index (χ3v) is 4.36. The van der Waals surface area contributed by atoms with Crippen LogP contribution in [0.1, 0.15) is 37.7 Å². The van der Waals surface area contributed by atoms with Crippen molar-refractivity contribution in [2.24, 2.45) is 0 Å². The summed E-state index contributed by atoms with van der Waals surface area (Å²) < 4.78 is 11.7. The Hall–Kier alpha value is -1.71. The molecule has 1 N–H and O–H groups in total. The van der Waals surface area contributed by atoms with Gasteiger partial charge in [-0.05, 0) is 37.0 Å². The van der Waals surface area contributed by atoms with E-state index in [2.05, 4.69) is 0 Å². The number of carboxylic acids is 1. The van der Waals surface area contributed by atoms with Crippen LogP contribution in [0.15, 0.2) is 18.2 Å². The zero-order valence-electron chi connectivity index (χ0n) is 9.94.